The van der Waals surface area contributed by atoms with Gasteiger partial charge in [0.25, 0.3) is 0 Å². The standard InChI is InChI=1S/C30H38/c1-28(2,3)23-14-10-21(11-15-23)26-19-18-25(30(7,8)9)20-27(26)22-12-16-24(17-13-22)29(4,5)6/h10-20H,1-9H3. The minimum Gasteiger partial charge on any atom is -0.0579 e. The Balaban J connectivity index is 2.14. The van der Waals surface area contributed by atoms with Crippen LogP contribution in [0.3, 0.4) is 0 Å². The summed E-state index contributed by atoms with van der Waals surface area (Å²) in [6.45, 7) is 20.5. The van der Waals surface area contributed by atoms with Crippen LogP contribution in [-0.4, -0.2) is 0 Å². The molecule has 158 valence electrons. The summed E-state index contributed by atoms with van der Waals surface area (Å²) in [5.41, 5.74) is 9.72. The van der Waals surface area contributed by atoms with Crippen LogP contribution >= 0.6 is 0 Å². The van der Waals surface area contributed by atoms with Gasteiger partial charge in [-0.05, 0) is 55.2 Å². The van der Waals surface area contributed by atoms with Crippen LogP contribution in [0, 0.1) is 0 Å². The van der Waals surface area contributed by atoms with E-state index in [1.54, 1.807) is 0 Å². The van der Waals surface area contributed by atoms with E-state index >= 15 is 0 Å². The van der Waals surface area contributed by atoms with Crippen molar-refractivity contribution < 1.29 is 0 Å². The highest BCUT2D eigenvalue weighted by atomic mass is 14.2. The number of hydrogen-bond acceptors (Lipinski definition) is 0. The van der Waals surface area contributed by atoms with E-state index in [-0.39, 0.29) is 16.2 Å². The molecular weight excluding hydrogens is 360 g/mol. The van der Waals surface area contributed by atoms with Gasteiger partial charge >= 0.3 is 0 Å². The Labute approximate surface area is 184 Å². The molecule has 0 bridgehead atoms. The third kappa shape index (κ3) is 4.86. The first kappa shape index (κ1) is 22.3. The highest BCUT2D eigenvalue weighted by molar-refractivity contribution is 5.84. The molecule has 3 rings (SSSR count). The van der Waals surface area contributed by atoms with Crippen molar-refractivity contribution in [3.05, 3.63) is 83.4 Å². The summed E-state index contributed by atoms with van der Waals surface area (Å²) in [7, 11) is 0. The molecule has 0 radical (unpaired) electrons. The van der Waals surface area contributed by atoms with E-state index < -0.39 is 0 Å². The number of rotatable bonds is 2. The molecule has 0 unspecified atom stereocenters. The summed E-state index contributed by atoms with van der Waals surface area (Å²) in [5, 5.41) is 0. The summed E-state index contributed by atoms with van der Waals surface area (Å²) in [5.74, 6) is 0. The zero-order valence-electron chi connectivity index (χ0n) is 20.4. The second-order valence-corrected chi connectivity index (χ2v) is 11.7. The summed E-state index contributed by atoms with van der Waals surface area (Å²) < 4.78 is 0. The van der Waals surface area contributed by atoms with Crippen molar-refractivity contribution in [1.29, 1.82) is 0 Å². The smallest absolute Gasteiger partial charge is 0.0102 e. The molecule has 3 aromatic carbocycles. The highest BCUT2D eigenvalue weighted by Gasteiger charge is 2.19. The van der Waals surface area contributed by atoms with Gasteiger partial charge in [-0.15, -0.1) is 0 Å². The van der Waals surface area contributed by atoms with E-state index in [1.807, 2.05) is 0 Å². The van der Waals surface area contributed by atoms with Gasteiger partial charge < -0.3 is 0 Å². The molecular formula is C30H38. The molecule has 0 atom stereocenters. The molecule has 0 saturated heterocycles. The quantitative estimate of drug-likeness (QED) is 0.404. The molecule has 0 aliphatic carbocycles. The fourth-order valence-electron chi connectivity index (χ4n) is 3.80. The fourth-order valence-corrected chi connectivity index (χ4v) is 3.80. The molecule has 0 amide bonds. The second-order valence-electron chi connectivity index (χ2n) is 11.7. The predicted octanol–water partition coefficient (Wildman–Crippen LogP) is 8.91. The van der Waals surface area contributed by atoms with E-state index in [0.29, 0.717) is 0 Å². The minimum absolute atomic E-state index is 0.120. The van der Waals surface area contributed by atoms with Crippen LogP contribution in [0.2, 0.25) is 0 Å². The van der Waals surface area contributed by atoms with Crippen molar-refractivity contribution in [1.82, 2.24) is 0 Å². The van der Waals surface area contributed by atoms with Gasteiger partial charge in [-0.2, -0.15) is 0 Å². The average molecular weight is 399 g/mol. The van der Waals surface area contributed by atoms with Gasteiger partial charge in [0.1, 0.15) is 0 Å². The zero-order valence-corrected chi connectivity index (χ0v) is 20.4. The molecule has 0 heteroatoms. The fraction of sp³-hybridized carbons (Fsp3) is 0.400. The van der Waals surface area contributed by atoms with Crippen LogP contribution in [0.5, 0.6) is 0 Å². The molecule has 0 aromatic heterocycles. The van der Waals surface area contributed by atoms with Crippen molar-refractivity contribution in [2.45, 2.75) is 78.6 Å². The first-order valence-electron chi connectivity index (χ1n) is 11.1. The molecule has 0 aliphatic rings. The Morgan fingerprint density at radius 2 is 0.700 bits per heavy atom. The normalized spacial score (nSPS) is 12.8. The van der Waals surface area contributed by atoms with Crippen molar-refractivity contribution in [3.63, 3.8) is 0 Å². The number of hydrogen-bond donors (Lipinski definition) is 0. The molecule has 0 fully saturated rings. The van der Waals surface area contributed by atoms with Crippen LogP contribution < -0.4 is 0 Å². The lowest BCUT2D eigenvalue weighted by atomic mass is 9.81. The first-order valence-corrected chi connectivity index (χ1v) is 11.1. The summed E-state index contributed by atoms with van der Waals surface area (Å²) in [6, 6.07) is 25.2. The van der Waals surface area contributed by atoms with Crippen molar-refractivity contribution >= 4 is 0 Å². The molecule has 0 nitrogen and oxygen atoms in total. The Kier molecular flexibility index (Phi) is 5.76. The van der Waals surface area contributed by atoms with Gasteiger partial charge in [0.15, 0.2) is 0 Å². The second kappa shape index (κ2) is 7.73. The van der Waals surface area contributed by atoms with Gasteiger partial charge in [-0.25, -0.2) is 0 Å². The lowest BCUT2D eigenvalue weighted by Crippen LogP contribution is -2.12. The van der Waals surface area contributed by atoms with Crippen LogP contribution in [0.15, 0.2) is 66.7 Å². The minimum atomic E-state index is 0.120. The van der Waals surface area contributed by atoms with Gasteiger partial charge in [-0.1, -0.05) is 129 Å². The maximum Gasteiger partial charge on any atom is -0.0102 e. The molecule has 0 heterocycles. The summed E-state index contributed by atoms with van der Waals surface area (Å²) in [4.78, 5) is 0. The van der Waals surface area contributed by atoms with E-state index in [2.05, 4.69) is 129 Å². The average Bonchev–Trinajstić information content (AvgIpc) is 2.66. The molecule has 30 heavy (non-hydrogen) atoms. The molecule has 0 aliphatic heterocycles. The Bertz CT molecular complexity index is 996. The Morgan fingerprint density at radius 3 is 1.07 bits per heavy atom. The van der Waals surface area contributed by atoms with E-state index in [1.165, 1.54) is 38.9 Å². The van der Waals surface area contributed by atoms with Crippen molar-refractivity contribution in [2.75, 3.05) is 0 Å². The van der Waals surface area contributed by atoms with E-state index in [0.717, 1.165) is 0 Å². The summed E-state index contributed by atoms with van der Waals surface area (Å²) >= 11 is 0. The van der Waals surface area contributed by atoms with E-state index in [4.69, 9.17) is 0 Å². The highest BCUT2D eigenvalue weighted by Crippen LogP contribution is 2.37. The SMILES string of the molecule is CC(C)(C)c1ccc(-c2ccc(C(C)(C)C)cc2-c2ccc(C(C)(C)C)cc2)cc1. The monoisotopic (exact) mass is 398 g/mol. The lowest BCUT2D eigenvalue weighted by molar-refractivity contribution is 0.589. The van der Waals surface area contributed by atoms with E-state index in [9.17, 15) is 0 Å². The van der Waals surface area contributed by atoms with Gasteiger partial charge in [0.05, 0.1) is 0 Å². The van der Waals surface area contributed by atoms with Gasteiger partial charge in [-0.3, -0.25) is 0 Å². The summed E-state index contributed by atoms with van der Waals surface area (Å²) in [6.07, 6.45) is 0. The Hall–Kier alpha value is -2.34. The largest absolute Gasteiger partial charge is 0.0579 e. The van der Waals surface area contributed by atoms with Crippen LogP contribution in [0.1, 0.15) is 79.0 Å². The van der Waals surface area contributed by atoms with Crippen molar-refractivity contribution in [2.24, 2.45) is 0 Å². The number of benzene rings is 3. The predicted molar refractivity (Wildman–Crippen MR) is 133 cm³/mol. The van der Waals surface area contributed by atoms with Crippen LogP contribution in [-0.2, 0) is 16.2 Å². The zero-order chi connectivity index (χ0) is 22.3. The maximum absolute atomic E-state index is 2.39. The van der Waals surface area contributed by atoms with Gasteiger partial charge in [0.2, 0.25) is 0 Å². The maximum atomic E-state index is 2.39. The van der Waals surface area contributed by atoms with Crippen LogP contribution in [0.4, 0.5) is 0 Å². The molecule has 0 saturated carbocycles. The first-order chi connectivity index (χ1) is 13.8. The third-order valence-electron chi connectivity index (χ3n) is 6.01. The van der Waals surface area contributed by atoms with Crippen LogP contribution in [0.25, 0.3) is 22.3 Å². The van der Waals surface area contributed by atoms with Gasteiger partial charge in [0, 0.05) is 0 Å². The molecule has 0 spiro atoms. The van der Waals surface area contributed by atoms with Crippen molar-refractivity contribution in [3.8, 4) is 22.3 Å². The third-order valence-corrected chi connectivity index (χ3v) is 6.01. The Morgan fingerprint density at radius 1 is 0.367 bits per heavy atom. The molecule has 3 aromatic rings. The lowest BCUT2D eigenvalue weighted by Gasteiger charge is -2.23. The molecule has 0 N–H and O–H groups in total. The topological polar surface area (TPSA) is 0 Å².